The summed E-state index contributed by atoms with van der Waals surface area (Å²) in [6.07, 6.45) is 19.1. The van der Waals surface area contributed by atoms with Gasteiger partial charge in [-0.1, -0.05) is 84.5 Å². The molecule has 2 aromatic carbocycles. The Labute approximate surface area is 210 Å². The molecular weight excluding hydrogens is 464 g/mol. The fraction of sp³-hybridized carbons (Fsp3) is 0.500. The van der Waals surface area contributed by atoms with Gasteiger partial charge in [0.05, 0.1) is 0 Å². The molecule has 33 heavy (non-hydrogen) atoms. The third-order valence-electron chi connectivity index (χ3n) is 8.15. The summed E-state index contributed by atoms with van der Waals surface area (Å²) in [4.78, 5) is 0. The van der Waals surface area contributed by atoms with E-state index in [1.807, 2.05) is 12.1 Å². The maximum atomic E-state index is 3.88. The van der Waals surface area contributed by atoms with E-state index in [0.717, 1.165) is 39.3 Å². The molecule has 1 heteroatoms. The fourth-order valence-electron chi connectivity index (χ4n) is 5.93. The molecule has 2 fully saturated rings. The van der Waals surface area contributed by atoms with Gasteiger partial charge in [0.25, 0.3) is 0 Å². The number of benzene rings is 2. The smallest absolute Gasteiger partial charge is 0.0249 e. The zero-order valence-electron chi connectivity index (χ0n) is 20.1. The van der Waals surface area contributed by atoms with Crippen LogP contribution in [0.1, 0.15) is 99.7 Å². The second-order valence-electron chi connectivity index (χ2n) is 10.4. The molecule has 2 aromatic rings. The van der Waals surface area contributed by atoms with Crippen molar-refractivity contribution in [1.29, 1.82) is 0 Å². The van der Waals surface area contributed by atoms with Crippen LogP contribution < -0.4 is 0 Å². The van der Waals surface area contributed by atoms with Crippen LogP contribution >= 0.6 is 15.9 Å². The molecule has 2 aliphatic carbocycles. The van der Waals surface area contributed by atoms with Gasteiger partial charge in [0.15, 0.2) is 0 Å². The molecule has 0 amide bonds. The van der Waals surface area contributed by atoms with Crippen LogP contribution in [-0.2, 0) is 0 Å². The maximum absolute atomic E-state index is 3.88. The van der Waals surface area contributed by atoms with Crippen molar-refractivity contribution in [1.82, 2.24) is 0 Å². The first-order valence-corrected chi connectivity index (χ1v) is 14.0. The molecule has 0 saturated heterocycles. The van der Waals surface area contributed by atoms with Crippen molar-refractivity contribution in [3.63, 3.8) is 0 Å². The molecule has 0 aliphatic heterocycles. The Morgan fingerprint density at radius 3 is 1.64 bits per heavy atom. The topological polar surface area (TPSA) is 0 Å². The van der Waals surface area contributed by atoms with Gasteiger partial charge >= 0.3 is 0 Å². The van der Waals surface area contributed by atoms with E-state index in [1.165, 1.54) is 82.6 Å². The number of hydrogen-bond donors (Lipinski definition) is 0. The van der Waals surface area contributed by atoms with Gasteiger partial charge in [-0.15, -0.1) is 6.58 Å². The van der Waals surface area contributed by atoms with E-state index in [4.69, 9.17) is 0 Å². The summed E-state index contributed by atoms with van der Waals surface area (Å²) < 4.78 is 1.09. The van der Waals surface area contributed by atoms with E-state index in [-0.39, 0.29) is 0 Å². The minimum Gasteiger partial charge on any atom is -0.103 e. The Balaban J connectivity index is 1.18. The molecular formula is C32H39Br. The molecule has 2 aliphatic rings. The molecule has 174 valence electrons. The first kappa shape index (κ1) is 24.3. The van der Waals surface area contributed by atoms with E-state index >= 15 is 0 Å². The second kappa shape index (κ2) is 12.6. The molecule has 0 heterocycles. The Kier molecular flexibility index (Phi) is 9.31. The SMILES string of the molecule is C=CCC[C@H]1CC[C@H](CC[C@H]2CC[C@H](c3ccc(C#Cc4ccc(Br)cc4)cc3)CC2)CC1. The zero-order valence-corrected chi connectivity index (χ0v) is 21.7. The van der Waals surface area contributed by atoms with E-state index in [1.54, 1.807) is 0 Å². The zero-order chi connectivity index (χ0) is 22.9. The van der Waals surface area contributed by atoms with Crippen molar-refractivity contribution in [3.8, 4) is 11.8 Å². The van der Waals surface area contributed by atoms with E-state index < -0.39 is 0 Å². The Morgan fingerprint density at radius 1 is 0.667 bits per heavy atom. The summed E-state index contributed by atoms with van der Waals surface area (Å²) in [5.41, 5.74) is 3.68. The van der Waals surface area contributed by atoms with Crippen molar-refractivity contribution >= 4 is 15.9 Å². The van der Waals surface area contributed by atoms with Gasteiger partial charge in [-0.3, -0.25) is 0 Å². The van der Waals surface area contributed by atoms with Crippen molar-refractivity contribution in [3.05, 3.63) is 82.3 Å². The van der Waals surface area contributed by atoms with E-state index in [2.05, 4.69) is 76.8 Å². The predicted octanol–water partition coefficient (Wildman–Crippen LogP) is 9.68. The molecule has 0 atom stereocenters. The van der Waals surface area contributed by atoms with Crippen molar-refractivity contribution in [2.24, 2.45) is 17.8 Å². The van der Waals surface area contributed by atoms with Crippen LogP contribution in [0.5, 0.6) is 0 Å². The van der Waals surface area contributed by atoms with E-state index in [9.17, 15) is 0 Å². The van der Waals surface area contributed by atoms with Gasteiger partial charge in [0, 0.05) is 15.6 Å². The van der Waals surface area contributed by atoms with E-state index in [0.29, 0.717) is 0 Å². The monoisotopic (exact) mass is 502 g/mol. The van der Waals surface area contributed by atoms with Crippen molar-refractivity contribution < 1.29 is 0 Å². The minimum absolute atomic E-state index is 0.745. The lowest BCUT2D eigenvalue weighted by Crippen LogP contribution is -2.17. The van der Waals surface area contributed by atoms with Crippen LogP contribution in [-0.4, -0.2) is 0 Å². The molecule has 4 rings (SSSR count). The third kappa shape index (κ3) is 7.61. The molecule has 0 bridgehead atoms. The van der Waals surface area contributed by atoms with Gasteiger partial charge in [0.2, 0.25) is 0 Å². The average molecular weight is 504 g/mol. The summed E-state index contributed by atoms with van der Waals surface area (Å²) >= 11 is 3.48. The van der Waals surface area contributed by atoms with Crippen LogP contribution in [0, 0.1) is 29.6 Å². The standard InChI is InChI=1S/C32H39Br/c1-2-3-4-25-5-7-26(8-6-25)9-10-27-13-19-30(20-14-27)31-21-15-28(16-22-31)11-12-29-17-23-32(33)24-18-29/h2,15-18,21-27,30H,1,3-10,13-14,19-20H2/t25-,26-,27-,30-. The Bertz CT molecular complexity index is 911. The summed E-state index contributed by atoms with van der Waals surface area (Å²) in [7, 11) is 0. The summed E-state index contributed by atoms with van der Waals surface area (Å²) in [5.74, 6) is 10.3. The minimum atomic E-state index is 0.745. The summed E-state index contributed by atoms with van der Waals surface area (Å²) in [5, 5.41) is 0. The van der Waals surface area contributed by atoms with Crippen LogP contribution in [0.25, 0.3) is 0 Å². The highest BCUT2D eigenvalue weighted by atomic mass is 79.9. The first-order valence-electron chi connectivity index (χ1n) is 13.2. The molecule has 0 spiro atoms. The lowest BCUT2D eigenvalue weighted by atomic mass is 9.74. The van der Waals surface area contributed by atoms with Gasteiger partial charge in [-0.2, -0.15) is 0 Å². The van der Waals surface area contributed by atoms with Crippen LogP contribution in [0.2, 0.25) is 0 Å². The van der Waals surface area contributed by atoms with Gasteiger partial charge in [-0.25, -0.2) is 0 Å². The summed E-state index contributed by atoms with van der Waals surface area (Å²) in [6.45, 7) is 3.88. The summed E-state index contributed by atoms with van der Waals surface area (Å²) in [6, 6.07) is 17.2. The molecule has 0 unspecified atom stereocenters. The molecule has 0 N–H and O–H groups in total. The largest absolute Gasteiger partial charge is 0.103 e. The van der Waals surface area contributed by atoms with Crippen molar-refractivity contribution in [2.75, 3.05) is 0 Å². The predicted molar refractivity (Wildman–Crippen MR) is 145 cm³/mol. The molecule has 0 aromatic heterocycles. The highest BCUT2D eigenvalue weighted by Crippen LogP contribution is 2.40. The van der Waals surface area contributed by atoms with Gasteiger partial charge in [0.1, 0.15) is 0 Å². The van der Waals surface area contributed by atoms with Crippen LogP contribution in [0.4, 0.5) is 0 Å². The normalized spacial score (nSPS) is 25.1. The fourth-order valence-corrected chi connectivity index (χ4v) is 6.20. The number of allylic oxidation sites excluding steroid dienone is 1. The number of rotatable bonds is 7. The van der Waals surface area contributed by atoms with Crippen molar-refractivity contribution in [2.45, 2.75) is 83.0 Å². The highest BCUT2D eigenvalue weighted by molar-refractivity contribution is 9.10. The molecule has 0 radical (unpaired) electrons. The van der Waals surface area contributed by atoms with Crippen LogP contribution in [0.3, 0.4) is 0 Å². The number of halogens is 1. The quantitative estimate of drug-likeness (QED) is 0.261. The average Bonchev–Trinajstić information content (AvgIpc) is 2.87. The van der Waals surface area contributed by atoms with Crippen LogP contribution in [0.15, 0.2) is 65.7 Å². The number of hydrogen-bond acceptors (Lipinski definition) is 0. The molecule has 2 saturated carbocycles. The lowest BCUT2D eigenvalue weighted by molar-refractivity contribution is 0.225. The van der Waals surface area contributed by atoms with Gasteiger partial charge < -0.3 is 0 Å². The van der Waals surface area contributed by atoms with Gasteiger partial charge in [-0.05, 0) is 104 Å². The Hall–Kier alpha value is -1.78. The third-order valence-corrected chi connectivity index (χ3v) is 8.68. The highest BCUT2D eigenvalue weighted by Gasteiger charge is 2.25. The first-order chi connectivity index (χ1) is 16.2. The second-order valence-corrected chi connectivity index (χ2v) is 11.3. The maximum Gasteiger partial charge on any atom is 0.0249 e. The lowest BCUT2D eigenvalue weighted by Gasteiger charge is -2.32. The molecule has 0 nitrogen and oxygen atoms in total. The Morgan fingerprint density at radius 2 is 1.12 bits per heavy atom.